The van der Waals surface area contributed by atoms with E-state index in [2.05, 4.69) is 40.9 Å². The molecule has 0 aliphatic rings. The summed E-state index contributed by atoms with van der Waals surface area (Å²) in [5, 5.41) is 3.74. The second-order valence-corrected chi connectivity index (χ2v) is 7.84. The number of aromatic nitrogens is 3. The molecule has 1 aromatic carbocycles. The standard InChI is InChI=1S/C14H11BrClN5O2S/c1-24(22,23)21-12-8-4-2-3-5-10(8)17-7-11(12)19-13-9(15)6-18-14(16)20-13/h2-7H,1H3,(H,17,21)(H,18,19,20). The van der Waals surface area contributed by atoms with Crippen molar-refractivity contribution in [3.8, 4) is 0 Å². The molecule has 0 fully saturated rings. The zero-order chi connectivity index (χ0) is 17.3. The van der Waals surface area contributed by atoms with Gasteiger partial charge < -0.3 is 5.32 Å². The monoisotopic (exact) mass is 427 g/mol. The van der Waals surface area contributed by atoms with Gasteiger partial charge in [-0.2, -0.15) is 4.98 Å². The van der Waals surface area contributed by atoms with Crippen LogP contribution in [-0.4, -0.2) is 29.6 Å². The van der Waals surface area contributed by atoms with Gasteiger partial charge in [0.2, 0.25) is 15.3 Å². The molecule has 3 aromatic rings. The lowest BCUT2D eigenvalue weighted by atomic mass is 10.1. The van der Waals surface area contributed by atoms with E-state index in [0.29, 0.717) is 32.6 Å². The summed E-state index contributed by atoms with van der Waals surface area (Å²) in [7, 11) is -3.49. The van der Waals surface area contributed by atoms with Gasteiger partial charge in [0.1, 0.15) is 5.82 Å². The molecule has 0 unspecified atom stereocenters. The van der Waals surface area contributed by atoms with Crippen molar-refractivity contribution in [3.05, 3.63) is 46.4 Å². The van der Waals surface area contributed by atoms with E-state index >= 15 is 0 Å². The van der Waals surface area contributed by atoms with Gasteiger partial charge in [0, 0.05) is 11.6 Å². The van der Waals surface area contributed by atoms with E-state index in [9.17, 15) is 8.42 Å². The zero-order valence-corrected chi connectivity index (χ0v) is 15.4. The average molecular weight is 429 g/mol. The lowest BCUT2D eigenvalue weighted by Gasteiger charge is -2.15. The summed E-state index contributed by atoms with van der Waals surface area (Å²) in [4.78, 5) is 12.3. The van der Waals surface area contributed by atoms with Crippen molar-refractivity contribution < 1.29 is 8.42 Å². The summed E-state index contributed by atoms with van der Waals surface area (Å²) in [5.41, 5.74) is 1.48. The summed E-state index contributed by atoms with van der Waals surface area (Å²) in [6.07, 6.45) is 4.11. The maximum atomic E-state index is 11.8. The fourth-order valence-corrected chi connectivity index (χ4v) is 3.11. The molecule has 2 aromatic heterocycles. The van der Waals surface area contributed by atoms with Gasteiger partial charge in [-0.25, -0.2) is 13.4 Å². The third-order valence-electron chi connectivity index (χ3n) is 3.03. The molecule has 24 heavy (non-hydrogen) atoms. The molecule has 0 saturated heterocycles. The van der Waals surface area contributed by atoms with Gasteiger partial charge in [0.25, 0.3) is 0 Å². The summed E-state index contributed by atoms with van der Waals surface area (Å²) < 4.78 is 26.6. The van der Waals surface area contributed by atoms with Crippen LogP contribution < -0.4 is 10.0 Å². The van der Waals surface area contributed by atoms with Gasteiger partial charge >= 0.3 is 0 Å². The number of para-hydroxylation sites is 1. The van der Waals surface area contributed by atoms with Crippen LogP contribution in [0.5, 0.6) is 0 Å². The number of hydrogen-bond acceptors (Lipinski definition) is 6. The minimum Gasteiger partial charge on any atom is -0.336 e. The highest BCUT2D eigenvalue weighted by Gasteiger charge is 2.14. The molecule has 3 rings (SSSR count). The highest BCUT2D eigenvalue weighted by molar-refractivity contribution is 9.10. The minimum atomic E-state index is -3.49. The summed E-state index contributed by atoms with van der Waals surface area (Å²) in [6.45, 7) is 0. The Bertz CT molecular complexity index is 1030. The van der Waals surface area contributed by atoms with Crippen molar-refractivity contribution in [2.75, 3.05) is 16.3 Å². The van der Waals surface area contributed by atoms with Crippen LogP contribution in [0.4, 0.5) is 17.2 Å². The molecular weight excluding hydrogens is 418 g/mol. The predicted molar refractivity (Wildman–Crippen MR) is 98.2 cm³/mol. The molecule has 2 heterocycles. The highest BCUT2D eigenvalue weighted by Crippen LogP contribution is 2.34. The Kier molecular flexibility index (Phi) is 4.57. The quantitative estimate of drug-likeness (QED) is 0.617. The zero-order valence-electron chi connectivity index (χ0n) is 12.3. The second-order valence-electron chi connectivity index (χ2n) is 4.90. The third kappa shape index (κ3) is 3.74. The van der Waals surface area contributed by atoms with Crippen molar-refractivity contribution in [3.63, 3.8) is 0 Å². The van der Waals surface area contributed by atoms with Crippen LogP contribution in [-0.2, 0) is 10.0 Å². The first kappa shape index (κ1) is 16.9. The molecule has 124 valence electrons. The Morgan fingerprint density at radius 1 is 1.17 bits per heavy atom. The van der Waals surface area contributed by atoms with Crippen LogP contribution >= 0.6 is 27.5 Å². The number of rotatable bonds is 4. The Labute approximate surface area is 151 Å². The lowest BCUT2D eigenvalue weighted by molar-refractivity contribution is 0.607. The smallest absolute Gasteiger partial charge is 0.229 e. The second kappa shape index (κ2) is 6.50. The van der Waals surface area contributed by atoms with Crippen molar-refractivity contribution >= 4 is 65.6 Å². The Hall–Kier alpha value is -1.97. The first-order valence-corrected chi connectivity index (χ1v) is 9.70. The van der Waals surface area contributed by atoms with E-state index in [1.807, 2.05) is 6.07 Å². The molecule has 7 nitrogen and oxygen atoms in total. The molecular formula is C14H11BrClN5O2S. The largest absolute Gasteiger partial charge is 0.336 e. The summed E-state index contributed by atoms with van der Waals surface area (Å²) in [6, 6.07) is 7.21. The molecule has 10 heteroatoms. The van der Waals surface area contributed by atoms with Crippen LogP contribution in [0.1, 0.15) is 0 Å². The molecule has 0 amide bonds. The number of nitrogens with zero attached hydrogens (tertiary/aromatic N) is 3. The summed E-state index contributed by atoms with van der Waals surface area (Å²) in [5.74, 6) is 0.392. The highest BCUT2D eigenvalue weighted by atomic mass is 79.9. The SMILES string of the molecule is CS(=O)(=O)Nc1c(Nc2nc(Cl)ncc2Br)cnc2ccccc12. The van der Waals surface area contributed by atoms with Crippen LogP contribution in [0.25, 0.3) is 10.9 Å². The van der Waals surface area contributed by atoms with E-state index in [-0.39, 0.29) is 5.28 Å². The van der Waals surface area contributed by atoms with Crippen molar-refractivity contribution in [2.24, 2.45) is 0 Å². The number of benzene rings is 1. The van der Waals surface area contributed by atoms with Gasteiger partial charge in [0.15, 0.2) is 0 Å². The molecule has 0 aliphatic heterocycles. The third-order valence-corrected chi connectivity index (χ3v) is 4.37. The fraction of sp³-hybridized carbons (Fsp3) is 0.0714. The van der Waals surface area contributed by atoms with Crippen LogP contribution in [0.3, 0.4) is 0 Å². The number of halogens is 2. The lowest BCUT2D eigenvalue weighted by Crippen LogP contribution is -2.12. The predicted octanol–water partition coefficient (Wildman–Crippen LogP) is 3.56. The van der Waals surface area contributed by atoms with Crippen LogP contribution in [0, 0.1) is 0 Å². The Morgan fingerprint density at radius 3 is 2.67 bits per heavy atom. The van der Waals surface area contributed by atoms with Crippen LogP contribution in [0.15, 0.2) is 41.1 Å². The normalized spacial score (nSPS) is 11.5. The van der Waals surface area contributed by atoms with Gasteiger partial charge in [-0.15, -0.1) is 0 Å². The van der Waals surface area contributed by atoms with E-state index < -0.39 is 10.0 Å². The molecule has 0 aliphatic carbocycles. The summed E-state index contributed by atoms with van der Waals surface area (Å²) >= 11 is 9.13. The topological polar surface area (TPSA) is 96.9 Å². The van der Waals surface area contributed by atoms with Gasteiger partial charge in [-0.3, -0.25) is 9.71 Å². The Balaban J connectivity index is 2.16. The van der Waals surface area contributed by atoms with Crippen molar-refractivity contribution in [1.29, 1.82) is 0 Å². The molecule has 0 bridgehead atoms. The first-order chi connectivity index (χ1) is 11.3. The Morgan fingerprint density at radius 2 is 1.92 bits per heavy atom. The average Bonchev–Trinajstić information content (AvgIpc) is 2.52. The maximum absolute atomic E-state index is 11.8. The van der Waals surface area contributed by atoms with E-state index in [1.165, 1.54) is 12.4 Å². The number of fused-ring (bicyclic) bond motifs is 1. The number of pyridine rings is 1. The van der Waals surface area contributed by atoms with Gasteiger partial charge in [0.05, 0.1) is 33.8 Å². The fourth-order valence-electron chi connectivity index (χ4n) is 2.09. The minimum absolute atomic E-state index is 0.0621. The van der Waals surface area contributed by atoms with Gasteiger partial charge in [-0.1, -0.05) is 18.2 Å². The van der Waals surface area contributed by atoms with Crippen molar-refractivity contribution in [1.82, 2.24) is 15.0 Å². The number of nitrogens with one attached hydrogen (secondary N) is 2. The van der Waals surface area contributed by atoms with Crippen molar-refractivity contribution in [2.45, 2.75) is 0 Å². The van der Waals surface area contributed by atoms with E-state index in [1.54, 1.807) is 18.2 Å². The van der Waals surface area contributed by atoms with Crippen LogP contribution in [0.2, 0.25) is 5.28 Å². The van der Waals surface area contributed by atoms with E-state index in [4.69, 9.17) is 11.6 Å². The number of anilines is 3. The molecule has 0 atom stereocenters. The maximum Gasteiger partial charge on any atom is 0.229 e. The molecule has 0 radical (unpaired) electrons. The first-order valence-electron chi connectivity index (χ1n) is 6.64. The molecule has 2 N–H and O–H groups in total. The van der Waals surface area contributed by atoms with Gasteiger partial charge in [-0.05, 0) is 33.6 Å². The van der Waals surface area contributed by atoms with E-state index in [0.717, 1.165) is 6.26 Å². The number of sulfonamides is 1. The molecule has 0 spiro atoms. The molecule has 0 saturated carbocycles. The number of hydrogen-bond donors (Lipinski definition) is 2.